The van der Waals surface area contributed by atoms with E-state index in [1.165, 1.54) is 19.1 Å². The van der Waals surface area contributed by atoms with Gasteiger partial charge in [0.15, 0.2) is 5.96 Å². The second-order valence-corrected chi connectivity index (χ2v) is 8.66. The van der Waals surface area contributed by atoms with Crippen molar-refractivity contribution >= 4 is 15.8 Å². The van der Waals surface area contributed by atoms with Crippen molar-refractivity contribution in [1.82, 2.24) is 15.5 Å². The van der Waals surface area contributed by atoms with E-state index in [1.807, 2.05) is 19.1 Å². The van der Waals surface area contributed by atoms with Crippen LogP contribution in [0.25, 0.3) is 0 Å². The molecule has 2 rings (SSSR count). The molecule has 0 aliphatic carbocycles. The van der Waals surface area contributed by atoms with Crippen LogP contribution < -0.4 is 10.6 Å². The van der Waals surface area contributed by atoms with Gasteiger partial charge in [-0.25, -0.2) is 8.42 Å². The number of nitrogens with one attached hydrogen (secondary N) is 2. The van der Waals surface area contributed by atoms with Crippen molar-refractivity contribution in [2.75, 3.05) is 44.7 Å². The highest BCUT2D eigenvalue weighted by Gasteiger charge is 2.25. The first kappa shape index (κ1) is 19.8. The Hall–Kier alpha value is -1.54. The number of hydrogen-bond acceptors (Lipinski definition) is 5. The van der Waals surface area contributed by atoms with Crippen LogP contribution in [0.1, 0.15) is 38.0 Å². The van der Waals surface area contributed by atoms with E-state index in [-0.39, 0.29) is 11.8 Å². The standard InChI is InChI=1S/C17H30N4O3S/c1-3-18-17(19-9-7-13-25(2,22)23)20-14-15(16-8-6-12-24-16)21-10-4-5-11-21/h6,8,12,15H,3-5,7,9-11,13-14H2,1-2H3,(H2,18,19,20). The fraction of sp³-hybridized carbons (Fsp3) is 0.706. The third-order valence-electron chi connectivity index (χ3n) is 4.20. The van der Waals surface area contributed by atoms with Crippen molar-refractivity contribution < 1.29 is 12.8 Å². The summed E-state index contributed by atoms with van der Waals surface area (Å²) in [5.41, 5.74) is 0. The zero-order chi connectivity index (χ0) is 18.1. The van der Waals surface area contributed by atoms with E-state index in [2.05, 4.69) is 15.5 Å². The van der Waals surface area contributed by atoms with Crippen LogP contribution in [0.15, 0.2) is 27.8 Å². The molecule has 2 heterocycles. The Morgan fingerprint density at radius 2 is 2.12 bits per heavy atom. The van der Waals surface area contributed by atoms with Gasteiger partial charge in [0.2, 0.25) is 0 Å². The summed E-state index contributed by atoms with van der Waals surface area (Å²) in [6.45, 7) is 6.09. The maximum atomic E-state index is 11.2. The van der Waals surface area contributed by atoms with E-state index in [4.69, 9.17) is 9.41 Å². The van der Waals surface area contributed by atoms with Gasteiger partial charge in [0.1, 0.15) is 15.6 Å². The fourth-order valence-electron chi connectivity index (χ4n) is 2.98. The predicted molar refractivity (Wildman–Crippen MR) is 101 cm³/mol. The molecule has 8 heteroatoms. The molecule has 1 fully saturated rings. The van der Waals surface area contributed by atoms with Gasteiger partial charge >= 0.3 is 0 Å². The number of likely N-dealkylation sites (tertiary alicyclic amines) is 1. The van der Waals surface area contributed by atoms with E-state index in [0.29, 0.717) is 25.5 Å². The van der Waals surface area contributed by atoms with Gasteiger partial charge in [-0.15, -0.1) is 0 Å². The Labute approximate surface area is 150 Å². The second kappa shape index (κ2) is 9.82. The van der Waals surface area contributed by atoms with E-state index >= 15 is 0 Å². The summed E-state index contributed by atoms with van der Waals surface area (Å²) in [6.07, 6.45) is 5.96. The number of nitrogens with zero attached hydrogens (tertiary/aromatic N) is 2. The topological polar surface area (TPSA) is 86.9 Å². The number of rotatable bonds is 9. The van der Waals surface area contributed by atoms with Crippen LogP contribution >= 0.6 is 0 Å². The highest BCUT2D eigenvalue weighted by atomic mass is 32.2. The largest absolute Gasteiger partial charge is 0.468 e. The Morgan fingerprint density at radius 1 is 1.36 bits per heavy atom. The summed E-state index contributed by atoms with van der Waals surface area (Å²) in [5.74, 6) is 1.84. The van der Waals surface area contributed by atoms with Crippen molar-refractivity contribution in [3.05, 3.63) is 24.2 Å². The molecule has 1 aromatic rings. The molecule has 0 bridgehead atoms. The van der Waals surface area contributed by atoms with Crippen LogP contribution in [0.3, 0.4) is 0 Å². The van der Waals surface area contributed by atoms with E-state index in [9.17, 15) is 8.42 Å². The molecular weight excluding hydrogens is 340 g/mol. The monoisotopic (exact) mass is 370 g/mol. The average Bonchev–Trinajstić information content (AvgIpc) is 3.24. The van der Waals surface area contributed by atoms with Gasteiger partial charge in [-0.05, 0) is 51.4 Å². The molecule has 0 radical (unpaired) electrons. The lowest BCUT2D eigenvalue weighted by atomic mass is 10.2. The normalized spacial score (nSPS) is 17.6. The van der Waals surface area contributed by atoms with Crippen molar-refractivity contribution in [3.8, 4) is 0 Å². The number of furan rings is 1. The minimum Gasteiger partial charge on any atom is -0.468 e. The van der Waals surface area contributed by atoms with Gasteiger partial charge in [-0.3, -0.25) is 9.89 Å². The summed E-state index contributed by atoms with van der Waals surface area (Å²) in [4.78, 5) is 7.10. The molecule has 1 unspecified atom stereocenters. The van der Waals surface area contributed by atoms with E-state index < -0.39 is 9.84 Å². The van der Waals surface area contributed by atoms with Crippen molar-refractivity contribution in [1.29, 1.82) is 0 Å². The minimum absolute atomic E-state index is 0.143. The smallest absolute Gasteiger partial charge is 0.191 e. The van der Waals surface area contributed by atoms with Crippen molar-refractivity contribution in [2.24, 2.45) is 4.99 Å². The number of sulfone groups is 1. The summed E-state index contributed by atoms with van der Waals surface area (Å²) in [6, 6.07) is 4.06. The first-order chi connectivity index (χ1) is 12.0. The molecule has 0 spiro atoms. The first-order valence-electron chi connectivity index (χ1n) is 8.97. The third-order valence-corrected chi connectivity index (χ3v) is 5.23. The molecule has 0 amide bonds. The van der Waals surface area contributed by atoms with Crippen LogP contribution in [-0.4, -0.2) is 64.0 Å². The maximum absolute atomic E-state index is 11.2. The lowest BCUT2D eigenvalue weighted by molar-refractivity contribution is 0.221. The molecule has 1 aliphatic heterocycles. The quantitative estimate of drug-likeness (QED) is 0.388. The zero-order valence-corrected chi connectivity index (χ0v) is 16.0. The molecule has 0 saturated carbocycles. The average molecular weight is 371 g/mol. The lowest BCUT2D eigenvalue weighted by Crippen LogP contribution is -2.39. The lowest BCUT2D eigenvalue weighted by Gasteiger charge is -2.24. The first-order valence-corrected chi connectivity index (χ1v) is 11.0. The van der Waals surface area contributed by atoms with Gasteiger partial charge in [-0.2, -0.15) is 0 Å². The highest BCUT2D eigenvalue weighted by Crippen LogP contribution is 2.25. The summed E-state index contributed by atoms with van der Waals surface area (Å²) in [5, 5.41) is 6.42. The predicted octanol–water partition coefficient (Wildman–Crippen LogP) is 1.41. The van der Waals surface area contributed by atoms with E-state index in [1.54, 1.807) is 6.26 Å². The molecular formula is C17H30N4O3S. The van der Waals surface area contributed by atoms with Crippen LogP contribution in [-0.2, 0) is 9.84 Å². The van der Waals surface area contributed by atoms with Gasteiger partial charge in [-0.1, -0.05) is 0 Å². The van der Waals surface area contributed by atoms with Crippen molar-refractivity contribution in [2.45, 2.75) is 32.2 Å². The van der Waals surface area contributed by atoms with E-state index in [0.717, 1.165) is 25.4 Å². The minimum atomic E-state index is -2.92. The Kier molecular flexibility index (Phi) is 7.77. The molecule has 1 aromatic heterocycles. The number of hydrogen-bond donors (Lipinski definition) is 2. The number of aliphatic imine (C=N–C) groups is 1. The summed E-state index contributed by atoms with van der Waals surface area (Å²) >= 11 is 0. The van der Waals surface area contributed by atoms with Crippen LogP contribution in [0.5, 0.6) is 0 Å². The number of guanidine groups is 1. The Balaban J connectivity index is 1.94. The van der Waals surface area contributed by atoms with Gasteiger partial charge in [0.25, 0.3) is 0 Å². The molecule has 0 aromatic carbocycles. The molecule has 1 aliphatic rings. The molecule has 2 N–H and O–H groups in total. The van der Waals surface area contributed by atoms with Gasteiger partial charge in [0, 0.05) is 19.3 Å². The van der Waals surface area contributed by atoms with Crippen LogP contribution in [0.2, 0.25) is 0 Å². The summed E-state index contributed by atoms with van der Waals surface area (Å²) in [7, 11) is -2.92. The molecule has 1 saturated heterocycles. The van der Waals surface area contributed by atoms with Gasteiger partial charge < -0.3 is 15.1 Å². The highest BCUT2D eigenvalue weighted by molar-refractivity contribution is 7.90. The van der Waals surface area contributed by atoms with Crippen LogP contribution in [0.4, 0.5) is 0 Å². The maximum Gasteiger partial charge on any atom is 0.191 e. The molecule has 7 nitrogen and oxygen atoms in total. The van der Waals surface area contributed by atoms with Crippen molar-refractivity contribution in [3.63, 3.8) is 0 Å². The molecule has 142 valence electrons. The molecule has 1 atom stereocenters. The summed E-state index contributed by atoms with van der Waals surface area (Å²) < 4.78 is 28.0. The zero-order valence-electron chi connectivity index (χ0n) is 15.2. The third kappa shape index (κ3) is 7.07. The fourth-order valence-corrected chi connectivity index (χ4v) is 3.65. The van der Waals surface area contributed by atoms with Gasteiger partial charge in [0.05, 0.1) is 24.6 Å². The Bertz CT molecular complexity index is 622. The second-order valence-electron chi connectivity index (χ2n) is 6.40. The molecule has 25 heavy (non-hydrogen) atoms. The van der Waals surface area contributed by atoms with Crippen LogP contribution in [0, 0.1) is 0 Å². The Morgan fingerprint density at radius 3 is 2.72 bits per heavy atom. The SMILES string of the molecule is CCNC(=NCC(c1ccco1)N1CCCC1)NCCCS(C)(=O)=O.